The highest BCUT2D eigenvalue weighted by molar-refractivity contribution is 7.90. The lowest BCUT2D eigenvalue weighted by atomic mass is 10.1. The van der Waals surface area contributed by atoms with Gasteiger partial charge in [-0.15, -0.1) is 0 Å². The normalized spacial score (nSPS) is 12.2. The van der Waals surface area contributed by atoms with E-state index in [1.54, 1.807) is 55.5 Å². The number of oxazole rings is 3. The molecule has 366 valence electrons. The number of rotatable bonds is 9. The lowest BCUT2D eigenvalue weighted by molar-refractivity contribution is 0.457. The Hall–Kier alpha value is -8.52. The van der Waals surface area contributed by atoms with E-state index in [0.717, 1.165) is 0 Å². The molecule has 24 heteroatoms. The molecule has 0 saturated heterocycles. The Balaban J connectivity index is 0.000000124. The van der Waals surface area contributed by atoms with E-state index in [0.29, 0.717) is 82.7 Å². The van der Waals surface area contributed by atoms with Gasteiger partial charge in [0.15, 0.2) is 16.7 Å². The Labute approximate surface area is 407 Å². The van der Waals surface area contributed by atoms with Crippen LogP contribution in [-0.4, -0.2) is 84.1 Å². The number of nitrogens with zero attached hydrogens (tertiary/aromatic N) is 3. The fourth-order valence-corrected chi connectivity index (χ4v) is 10.3. The summed E-state index contributed by atoms with van der Waals surface area (Å²) in [5.41, 5.74) is 6.36. The number of aromatic hydroxyl groups is 3. The first-order valence-electron chi connectivity index (χ1n) is 21.5. The first kappa shape index (κ1) is 47.2. The highest BCUT2D eigenvalue weighted by atomic mass is 32.2. The maximum atomic E-state index is 12.2. The summed E-state index contributed by atoms with van der Waals surface area (Å²) < 4.78 is 93.4. The molecule has 0 atom stereocenters. The summed E-state index contributed by atoms with van der Waals surface area (Å²) in [5, 5.41) is 37.4. The second kappa shape index (κ2) is 18.0. The number of benzene rings is 6. The molecule has 0 fully saturated rings. The average Bonchev–Trinajstić information content (AvgIpc) is 4.21. The summed E-state index contributed by atoms with van der Waals surface area (Å²) in [6.45, 7) is 2.00. The lowest BCUT2D eigenvalue weighted by Gasteiger charge is -2.04. The van der Waals surface area contributed by atoms with Crippen LogP contribution < -0.4 is 14.6 Å². The van der Waals surface area contributed by atoms with Gasteiger partial charge in [-0.1, -0.05) is 43.3 Å². The van der Waals surface area contributed by atoms with Crippen molar-refractivity contribution in [2.45, 2.75) is 21.6 Å². The van der Waals surface area contributed by atoms with Crippen LogP contribution in [0.4, 0.5) is 0 Å². The molecule has 12 aromatic rings. The smallest absolute Gasteiger partial charge is 0.240 e. The molecule has 0 unspecified atom stereocenters. The molecular formula is C48H39N9O12S3. The quantitative estimate of drug-likeness (QED) is 0.0663. The van der Waals surface area contributed by atoms with Gasteiger partial charge in [0.05, 0.1) is 14.7 Å². The fourth-order valence-electron chi connectivity index (χ4n) is 7.96. The average molecular weight is 1030 g/mol. The number of primary sulfonamides is 1. The zero-order chi connectivity index (χ0) is 50.7. The molecule has 0 aliphatic heterocycles. The van der Waals surface area contributed by atoms with E-state index in [2.05, 4.69) is 39.3 Å². The number of aromatic nitrogens is 6. The molecule has 0 aliphatic carbocycles. The fraction of sp³-hybridized carbons (Fsp3) is 0.0625. The number of para-hydroxylation sites is 6. The second-order valence-electron chi connectivity index (χ2n) is 15.9. The molecule has 12 rings (SSSR count). The van der Waals surface area contributed by atoms with Crippen LogP contribution in [0.2, 0.25) is 0 Å². The van der Waals surface area contributed by atoms with Gasteiger partial charge in [0, 0.05) is 39.3 Å². The zero-order valence-corrected chi connectivity index (χ0v) is 39.9. The number of hydrogen-bond donors (Lipinski definition) is 9. The first-order valence-corrected chi connectivity index (χ1v) is 26.0. The van der Waals surface area contributed by atoms with Crippen molar-refractivity contribution in [2.24, 2.45) is 5.14 Å². The third-order valence-electron chi connectivity index (χ3n) is 11.3. The van der Waals surface area contributed by atoms with E-state index >= 15 is 0 Å². The van der Waals surface area contributed by atoms with Crippen molar-refractivity contribution in [2.75, 3.05) is 13.6 Å². The minimum absolute atomic E-state index is 0.0543. The molecule has 6 aromatic heterocycles. The summed E-state index contributed by atoms with van der Waals surface area (Å²) >= 11 is 0. The van der Waals surface area contributed by atoms with Crippen LogP contribution >= 0.6 is 0 Å². The molecule has 0 aliphatic rings. The Morgan fingerprint density at radius 3 is 1.17 bits per heavy atom. The Bertz CT molecular complexity index is 4320. The van der Waals surface area contributed by atoms with Gasteiger partial charge < -0.3 is 43.5 Å². The molecule has 21 nitrogen and oxygen atoms in total. The summed E-state index contributed by atoms with van der Waals surface area (Å²) in [4.78, 5) is 21.6. The van der Waals surface area contributed by atoms with Gasteiger partial charge in [0.1, 0.15) is 33.2 Å². The van der Waals surface area contributed by atoms with Gasteiger partial charge in [-0.2, -0.15) is 0 Å². The maximum Gasteiger partial charge on any atom is 0.240 e. The van der Waals surface area contributed by atoms with Crippen LogP contribution in [0.1, 0.15) is 6.92 Å². The van der Waals surface area contributed by atoms with Crippen LogP contribution in [-0.2, 0) is 30.1 Å². The molecule has 6 heterocycles. The molecule has 0 bridgehead atoms. The zero-order valence-electron chi connectivity index (χ0n) is 37.5. The van der Waals surface area contributed by atoms with Gasteiger partial charge in [0.25, 0.3) is 0 Å². The largest absolute Gasteiger partial charge is 0.494 e. The molecule has 10 N–H and O–H groups in total. The highest BCUT2D eigenvalue weighted by Crippen LogP contribution is 2.41. The van der Waals surface area contributed by atoms with Gasteiger partial charge in [0.2, 0.25) is 65.4 Å². The first-order chi connectivity index (χ1) is 34.4. The topological polar surface area (TPSA) is 339 Å². The van der Waals surface area contributed by atoms with Crippen LogP contribution in [0.5, 0.6) is 17.6 Å². The van der Waals surface area contributed by atoms with Crippen LogP contribution in [0.3, 0.4) is 0 Å². The van der Waals surface area contributed by atoms with Crippen molar-refractivity contribution >= 4 is 96.1 Å². The SMILES string of the molecule is CCNS(=O)(=O)c1ccc2[nH]c(O)c(-c3nc4ccccc4o3)c2c1.CNS(=O)(=O)c1ccc2[nH]c(O)c(-c3nc4ccccc4o3)c2c1.NS(=O)(=O)c1ccc2[nH]c(O)c(-c3nc4ccccc4o3)c2c1. The Morgan fingerprint density at radius 1 is 0.500 bits per heavy atom. The summed E-state index contributed by atoms with van der Waals surface area (Å²) in [6, 6.07) is 35.0. The van der Waals surface area contributed by atoms with E-state index in [4.69, 9.17) is 18.4 Å². The predicted octanol–water partition coefficient (Wildman–Crippen LogP) is 7.90. The third kappa shape index (κ3) is 8.73. The molecule has 0 spiro atoms. The maximum absolute atomic E-state index is 12.2. The Morgan fingerprint density at radius 2 is 0.833 bits per heavy atom. The summed E-state index contributed by atoms with van der Waals surface area (Å²) in [7, 11) is -9.73. The van der Waals surface area contributed by atoms with E-state index in [1.807, 2.05) is 36.4 Å². The number of hydrogen-bond acceptors (Lipinski definition) is 15. The van der Waals surface area contributed by atoms with Crippen molar-refractivity contribution < 1.29 is 53.8 Å². The summed E-state index contributed by atoms with van der Waals surface area (Å²) in [6.07, 6.45) is 0. The number of H-pyrrole nitrogens is 3. The van der Waals surface area contributed by atoms with Crippen LogP contribution in [0.15, 0.2) is 155 Å². The van der Waals surface area contributed by atoms with Crippen LogP contribution in [0.25, 0.3) is 100 Å². The Kier molecular flexibility index (Phi) is 11.8. The third-order valence-corrected chi connectivity index (χ3v) is 15.2. The van der Waals surface area contributed by atoms with Crippen molar-refractivity contribution in [3.63, 3.8) is 0 Å². The van der Waals surface area contributed by atoms with Crippen molar-refractivity contribution in [3.05, 3.63) is 127 Å². The molecule has 0 radical (unpaired) electrons. The molecule has 0 amide bonds. The number of fused-ring (bicyclic) bond motifs is 6. The monoisotopic (exact) mass is 1030 g/mol. The van der Waals surface area contributed by atoms with E-state index in [1.165, 1.54) is 49.5 Å². The molecule has 6 aromatic carbocycles. The van der Waals surface area contributed by atoms with Crippen molar-refractivity contribution in [3.8, 4) is 52.0 Å². The molecular weight excluding hydrogens is 991 g/mol. The minimum Gasteiger partial charge on any atom is -0.494 e. The summed E-state index contributed by atoms with van der Waals surface area (Å²) in [5.74, 6) is 0.233. The highest BCUT2D eigenvalue weighted by Gasteiger charge is 2.24. The van der Waals surface area contributed by atoms with Gasteiger partial charge in [-0.3, -0.25) is 0 Å². The number of nitrogens with two attached hydrogens (primary N) is 1. The van der Waals surface area contributed by atoms with Gasteiger partial charge in [-0.25, -0.2) is 54.8 Å². The van der Waals surface area contributed by atoms with Gasteiger partial charge in [-0.05, 0) is 98.0 Å². The van der Waals surface area contributed by atoms with Crippen LogP contribution in [0, 0.1) is 0 Å². The molecule has 72 heavy (non-hydrogen) atoms. The second-order valence-corrected chi connectivity index (χ2v) is 21.1. The molecule has 0 saturated carbocycles. The van der Waals surface area contributed by atoms with Gasteiger partial charge >= 0.3 is 0 Å². The van der Waals surface area contributed by atoms with Crippen molar-refractivity contribution in [1.29, 1.82) is 0 Å². The standard InChI is InChI=1S/C17H15N3O4S.C16H13N3O4S.C15H11N3O4S/c1-2-18-25(22,23)10-7-8-12-11(9-10)15(16(21)19-12)17-20-13-5-3-4-6-14(13)24-17;1-17-24(21,22)9-6-7-11-10(8-9)14(15(20)18-11)16-19-12-4-2-3-5-13(12)23-16;16-23(20,21)8-5-6-10-9(7-8)13(14(19)17-10)15-18-11-3-1-2-4-12(11)22-15/h3-9,18-19,21H,2H2,1H3;2-8,17-18,20H,1H3;1-7,17,19H,(H2,16,20,21). The van der Waals surface area contributed by atoms with E-state index in [-0.39, 0.29) is 56.5 Å². The number of aromatic amines is 3. The lowest BCUT2D eigenvalue weighted by Crippen LogP contribution is -2.22. The van der Waals surface area contributed by atoms with Crippen molar-refractivity contribution in [1.82, 2.24) is 39.3 Å². The number of nitrogens with one attached hydrogen (secondary N) is 5. The predicted molar refractivity (Wildman–Crippen MR) is 267 cm³/mol. The van der Waals surface area contributed by atoms with E-state index in [9.17, 15) is 40.6 Å². The minimum atomic E-state index is -3.86. The number of sulfonamides is 3. The van der Waals surface area contributed by atoms with E-state index < -0.39 is 30.1 Å².